The molecular weight excluding hydrogens is 617 g/mol. The van der Waals surface area contributed by atoms with Gasteiger partial charge in [-0.25, -0.2) is 0 Å². The van der Waals surface area contributed by atoms with Gasteiger partial charge in [0.15, 0.2) is 0 Å². The van der Waals surface area contributed by atoms with Crippen LogP contribution in [-0.4, -0.2) is 19.9 Å². The van der Waals surface area contributed by atoms with Crippen molar-refractivity contribution in [3.8, 4) is 0 Å². The lowest BCUT2D eigenvalue weighted by atomic mass is 10.1. The maximum absolute atomic E-state index is 3.83. The molecular formula is C36H24N4S4. The van der Waals surface area contributed by atoms with Gasteiger partial charge in [0.05, 0.1) is 0 Å². The second-order valence-corrected chi connectivity index (χ2v) is 14.3. The van der Waals surface area contributed by atoms with E-state index in [0.29, 0.717) is 0 Å². The number of thiophene rings is 4. The van der Waals surface area contributed by atoms with Crippen molar-refractivity contribution >= 4 is 67.6 Å². The maximum Gasteiger partial charge on any atom is 0.0494 e. The Morgan fingerprint density at radius 3 is 0.795 bits per heavy atom. The Kier molecular flexibility index (Phi) is 6.19. The van der Waals surface area contributed by atoms with Crippen LogP contribution >= 0.6 is 45.3 Å². The summed E-state index contributed by atoms with van der Waals surface area (Å²) in [4.78, 5) is 20.2. The van der Waals surface area contributed by atoms with Crippen molar-refractivity contribution in [2.24, 2.45) is 0 Å². The summed E-state index contributed by atoms with van der Waals surface area (Å²) in [5.74, 6) is 0. The van der Waals surface area contributed by atoms with E-state index < -0.39 is 0 Å². The van der Waals surface area contributed by atoms with Gasteiger partial charge in [-0.1, -0.05) is 24.3 Å². The van der Waals surface area contributed by atoms with Crippen LogP contribution in [0.5, 0.6) is 0 Å². The normalized spacial score (nSPS) is 13.3. The third-order valence-electron chi connectivity index (χ3n) is 7.97. The van der Waals surface area contributed by atoms with Gasteiger partial charge in [-0.2, -0.15) is 0 Å². The predicted molar refractivity (Wildman–Crippen MR) is 185 cm³/mol. The van der Waals surface area contributed by atoms with Gasteiger partial charge in [-0.05, 0) is 94.3 Å². The number of aromatic amines is 4. The third kappa shape index (κ3) is 4.30. The Morgan fingerprint density at radius 2 is 0.568 bits per heavy atom. The summed E-state index contributed by atoms with van der Waals surface area (Å²) in [7, 11) is 0. The molecule has 0 aromatic carbocycles. The predicted octanol–water partition coefficient (Wildman–Crippen LogP) is 6.55. The van der Waals surface area contributed by atoms with Crippen molar-refractivity contribution in [1.29, 1.82) is 0 Å². The van der Waals surface area contributed by atoms with Crippen molar-refractivity contribution in [1.82, 2.24) is 19.9 Å². The molecule has 0 fully saturated rings. The van der Waals surface area contributed by atoms with E-state index in [2.05, 4.69) is 139 Å². The lowest BCUT2D eigenvalue weighted by molar-refractivity contribution is 1.19. The molecule has 0 atom stereocenters. The van der Waals surface area contributed by atoms with Crippen LogP contribution in [0, 0.1) is 0 Å². The zero-order valence-corrected chi connectivity index (χ0v) is 26.4. The van der Waals surface area contributed by atoms with Crippen molar-refractivity contribution < 1.29 is 0 Å². The van der Waals surface area contributed by atoms with Crippen molar-refractivity contribution in [3.05, 3.63) is 182 Å². The molecule has 1 aliphatic rings. The summed E-state index contributed by atoms with van der Waals surface area (Å²) in [6.45, 7) is 0. The number of nitrogens with one attached hydrogen (secondary N) is 4. The molecule has 4 N–H and O–H groups in total. The molecule has 1 aliphatic heterocycles. The summed E-state index contributed by atoms with van der Waals surface area (Å²) in [5.41, 5.74) is 8.95. The molecule has 8 heteroatoms. The van der Waals surface area contributed by atoms with Crippen LogP contribution in [0.15, 0.2) is 119 Å². The molecule has 0 spiro atoms. The van der Waals surface area contributed by atoms with E-state index in [1.54, 1.807) is 45.3 Å². The summed E-state index contributed by atoms with van der Waals surface area (Å²) in [6, 6.07) is 35.0. The van der Waals surface area contributed by atoms with E-state index in [4.69, 9.17) is 0 Å². The van der Waals surface area contributed by atoms with Crippen molar-refractivity contribution in [2.75, 3.05) is 0 Å². The number of fused-ring (bicyclic) bond motifs is 8. The van der Waals surface area contributed by atoms with Crippen LogP contribution in [0.3, 0.4) is 0 Å². The van der Waals surface area contributed by atoms with Crippen LogP contribution in [0.4, 0.5) is 0 Å². The average Bonchev–Trinajstić information content (AvgIpc) is 3.90. The minimum absolute atomic E-state index is 1.08. The first kappa shape index (κ1) is 25.9. The smallest absolute Gasteiger partial charge is 0.0494 e. The molecule has 0 saturated carbocycles. The SMILES string of the molecule is c1csc(C2=c3ccc([nH]3)=C(c3cccs3)c3ccc([nH]3)C(c3cccs3)=c3ccc([nH]3)=C(c3cccs3)c3ccc2[nH]3)c1. The first-order chi connectivity index (χ1) is 21.8. The van der Waals surface area contributed by atoms with E-state index in [1.165, 1.54) is 19.5 Å². The Balaban J connectivity index is 1.44. The molecule has 8 aromatic rings. The van der Waals surface area contributed by atoms with Crippen LogP contribution in [-0.2, 0) is 0 Å². The topological polar surface area (TPSA) is 63.2 Å². The molecule has 9 heterocycles. The zero-order chi connectivity index (χ0) is 29.0. The Hall–Kier alpha value is -4.60. The lowest BCUT2D eigenvalue weighted by Gasteiger charge is -2.07. The van der Waals surface area contributed by atoms with Gasteiger partial charge in [0.25, 0.3) is 0 Å². The van der Waals surface area contributed by atoms with Gasteiger partial charge in [0.2, 0.25) is 0 Å². The fourth-order valence-electron chi connectivity index (χ4n) is 6.07. The van der Waals surface area contributed by atoms with E-state index in [1.807, 2.05) is 0 Å². The minimum Gasteiger partial charge on any atom is -0.354 e. The van der Waals surface area contributed by atoms with Gasteiger partial charge in [0.1, 0.15) is 0 Å². The number of H-pyrrole nitrogens is 4. The molecule has 0 unspecified atom stereocenters. The molecule has 4 nitrogen and oxygen atoms in total. The van der Waals surface area contributed by atoms with E-state index >= 15 is 0 Å². The molecule has 44 heavy (non-hydrogen) atoms. The van der Waals surface area contributed by atoms with Gasteiger partial charge in [0, 0.05) is 86.0 Å². The largest absolute Gasteiger partial charge is 0.354 e. The second kappa shape index (κ2) is 10.5. The van der Waals surface area contributed by atoms with Crippen molar-refractivity contribution in [2.45, 2.75) is 0 Å². The number of hydrogen-bond acceptors (Lipinski definition) is 4. The number of hydrogen-bond donors (Lipinski definition) is 4. The molecule has 0 aliphatic carbocycles. The van der Waals surface area contributed by atoms with Gasteiger partial charge >= 0.3 is 0 Å². The summed E-state index contributed by atoms with van der Waals surface area (Å²) in [6.07, 6.45) is 0. The molecule has 0 saturated heterocycles. The van der Waals surface area contributed by atoms with Gasteiger partial charge in [-0.15, -0.1) is 45.3 Å². The first-order valence-corrected chi connectivity index (χ1v) is 17.7. The Morgan fingerprint density at radius 1 is 0.295 bits per heavy atom. The van der Waals surface area contributed by atoms with Gasteiger partial charge in [-0.3, -0.25) is 0 Å². The maximum atomic E-state index is 3.83. The fraction of sp³-hybridized carbons (Fsp3) is 0. The van der Waals surface area contributed by atoms with Gasteiger partial charge < -0.3 is 19.9 Å². The molecule has 0 radical (unpaired) electrons. The van der Waals surface area contributed by atoms with Crippen LogP contribution in [0.2, 0.25) is 0 Å². The monoisotopic (exact) mass is 640 g/mol. The second-order valence-electron chi connectivity index (χ2n) is 10.6. The third-order valence-corrected chi connectivity index (χ3v) is 11.5. The quantitative estimate of drug-likeness (QED) is 0.169. The average molecular weight is 641 g/mol. The summed E-state index contributed by atoms with van der Waals surface area (Å²) >= 11 is 7.02. The molecule has 0 amide bonds. The zero-order valence-electron chi connectivity index (χ0n) is 23.2. The van der Waals surface area contributed by atoms with Crippen molar-refractivity contribution in [3.63, 3.8) is 0 Å². The molecule has 8 bridgehead atoms. The highest BCUT2D eigenvalue weighted by Gasteiger charge is 2.19. The summed E-state index contributed by atoms with van der Waals surface area (Å²) in [5, 5.41) is 12.9. The van der Waals surface area contributed by atoms with Crippen LogP contribution in [0.1, 0.15) is 42.3 Å². The molecule has 9 rings (SSSR count). The minimum atomic E-state index is 1.08. The standard InChI is InChI=1S/C36H24N4S4/c1-5-29(41-17-1)33-21-9-11-23(37-21)34(30-6-2-18-42-30)25-13-15-27(39-25)36(32-8-4-20-44-32)28-16-14-26(40-28)35(31-7-3-19-43-31)24-12-10-22(33)38-24/h1-20,37-40H. The van der Waals surface area contributed by atoms with E-state index in [0.717, 1.165) is 66.5 Å². The Bertz CT molecular complexity index is 2130. The highest BCUT2D eigenvalue weighted by Crippen LogP contribution is 2.31. The van der Waals surface area contributed by atoms with Crippen LogP contribution in [0.25, 0.3) is 22.3 Å². The highest BCUT2D eigenvalue weighted by atomic mass is 32.1. The molecule has 8 aromatic heterocycles. The molecule has 212 valence electrons. The lowest BCUT2D eigenvalue weighted by Crippen LogP contribution is -2.18. The number of rotatable bonds is 4. The fourth-order valence-corrected chi connectivity index (χ4v) is 9.27. The summed E-state index contributed by atoms with van der Waals surface area (Å²) < 4.78 is 0. The Labute approximate surface area is 268 Å². The first-order valence-electron chi connectivity index (χ1n) is 14.2. The van der Waals surface area contributed by atoms with E-state index in [-0.39, 0.29) is 0 Å². The number of aromatic nitrogens is 4. The highest BCUT2D eigenvalue weighted by molar-refractivity contribution is 7.12. The van der Waals surface area contributed by atoms with E-state index in [9.17, 15) is 0 Å². The van der Waals surface area contributed by atoms with Crippen LogP contribution < -0.4 is 21.4 Å².